The van der Waals surface area contributed by atoms with Crippen molar-refractivity contribution in [1.29, 1.82) is 0 Å². The molecule has 20 heavy (non-hydrogen) atoms. The van der Waals surface area contributed by atoms with Crippen LogP contribution in [-0.4, -0.2) is 35.6 Å². The normalized spacial score (nSPS) is 18.1. The largest absolute Gasteiger partial charge is 0.488 e. The zero-order valence-electron chi connectivity index (χ0n) is 10.6. The maximum Gasteiger partial charge on any atom is 0.358 e. The Bertz CT molecular complexity index is 616. The number of carboxylic acids is 1. The topological polar surface area (TPSA) is 81.8 Å². The van der Waals surface area contributed by atoms with Crippen molar-refractivity contribution in [3.05, 3.63) is 36.0 Å². The molecule has 1 aliphatic rings. The number of nitrogens with zero attached hydrogens (tertiary/aromatic N) is 1. The Kier molecular flexibility index (Phi) is 3.39. The van der Waals surface area contributed by atoms with E-state index in [1.165, 1.54) is 6.07 Å². The molecule has 0 radical (unpaired) electrons. The molecular formula is C14H13NO5. The van der Waals surface area contributed by atoms with Crippen molar-refractivity contribution in [2.24, 2.45) is 0 Å². The Hall–Kier alpha value is -2.34. The fourth-order valence-electron chi connectivity index (χ4n) is 2.03. The molecule has 104 valence electrons. The first-order valence-electron chi connectivity index (χ1n) is 6.27. The van der Waals surface area contributed by atoms with E-state index in [1.54, 1.807) is 6.07 Å². The second-order valence-corrected chi connectivity index (χ2v) is 4.51. The van der Waals surface area contributed by atoms with Gasteiger partial charge in [0.1, 0.15) is 11.9 Å². The van der Waals surface area contributed by atoms with Crippen LogP contribution in [0.3, 0.4) is 0 Å². The Morgan fingerprint density at radius 3 is 3.00 bits per heavy atom. The molecule has 1 unspecified atom stereocenters. The van der Waals surface area contributed by atoms with E-state index in [0.29, 0.717) is 24.7 Å². The summed E-state index contributed by atoms with van der Waals surface area (Å²) < 4.78 is 16.1. The standard InChI is InChI=1S/C14H13NO5/c16-14(17)12-7-13(20-15-12)9-2-1-3-10(6-9)19-11-4-5-18-8-11/h1-3,6-7,11H,4-5,8H2,(H,16,17). The fourth-order valence-corrected chi connectivity index (χ4v) is 2.03. The smallest absolute Gasteiger partial charge is 0.358 e. The quantitative estimate of drug-likeness (QED) is 0.921. The number of aromatic nitrogens is 1. The molecule has 0 bridgehead atoms. The SMILES string of the molecule is O=C(O)c1cc(-c2cccc(OC3CCOC3)c2)on1. The lowest BCUT2D eigenvalue weighted by molar-refractivity contribution is 0.0686. The van der Waals surface area contributed by atoms with Crippen molar-refractivity contribution in [3.8, 4) is 17.1 Å². The molecule has 2 aromatic rings. The molecule has 0 aliphatic carbocycles. The second-order valence-electron chi connectivity index (χ2n) is 4.51. The van der Waals surface area contributed by atoms with Gasteiger partial charge in [0, 0.05) is 18.1 Å². The molecular weight excluding hydrogens is 262 g/mol. The molecule has 0 spiro atoms. The molecule has 1 aliphatic heterocycles. The number of rotatable bonds is 4. The highest BCUT2D eigenvalue weighted by Crippen LogP contribution is 2.26. The molecule has 2 heterocycles. The number of benzene rings is 1. The monoisotopic (exact) mass is 275 g/mol. The van der Waals surface area contributed by atoms with Gasteiger partial charge in [-0.3, -0.25) is 0 Å². The van der Waals surface area contributed by atoms with Crippen molar-refractivity contribution >= 4 is 5.97 Å². The molecule has 6 nitrogen and oxygen atoms in total. The van der Waals surface area contributed by atoms with E-state index >= 15 is 0 Å². The zero-order chi connectivity index (χ0) is 13.9. The fraction of sp³-hybridized carbons (Fsp3) is 0.286. The molecule has 1 aromatic carbocycles. The second kappa shape index (κ2) is 5.34. The molecule has 1 aromatic heterocycles. The number of ether oxygens (including phenoxy) is 2. The highest BCUT2D eigenvalue weighted by Gasteiger charge is 2.18. The summed E-state index contributed by atoms with van der Waals surface area (Å²) in [6.07, 6.45) is 0.935. The van der Waals surface area contributed by atoms with Crippen molar-refractivity contribution < 1.29 is 23.9 Å². The van der Waals surface area contributed by atoms with Gasteiger partial charge >= 0.3 is 5.97 Å². The number of hydrogen-bond acceptors (Lipinski definition) is 5. The van der Waals surface area contributed by atoms with E-state index in [-0.39, 0.29) is 11.8 Å². The van der Waals surface area contributed by atoms with Crippen LogP contribution in [0.15, 0.2) is 34.9 Å². The van der Waals surface area contributed by atoms with Gasteiger partial charge in [-0.15, -0.1) is 0 Å². The summed E-state index contributed by atoms with van der Waals surface area (Å²) in [4.78, 5) is 10.8. The van der Waals surface area contributed by atoms with Gasteiger partial charge in [0.05, 0.1) is 13.2 Å². The first kappa shape index (κ1) is 12.7. The van der Waals surface area contributed by atoms with Crippen molar-refractivity contribution in [2.45, 2.75) is 12.5 Å². The summed E-state index contributed by atoms with van der Waals surface area (Å²) in [6.45, 7) is 1.31. The number of aromatic carboxylic acids is 1. The molecule has 0 amide bonds. The summed E-state index contributed by atoms with van der Waals surface area (Å²) in [5, 5.41) is 12.3. The molecule has 6 heteroatoms. The van der Waals surface area contributed by atoms with E-state index in [1.807, 2.05) is 18.2 Å². The van der Waals surface area contributed by atoms with Crippen molar-refractivity contribution in [3.63, 3.8) is 0 Å². The van der Waals surface area contributed by atoms with Crippen LogP contribution in [0.1, 0.15) is 16.9 Å². The van der Waals surface area contributed by atoms with Gasteiger partial charge in [0.2, 0.25) is 0 Å². The minimum Gasteiger partial charge on any atom is -0.488 e. The van der Waals surface area contributed by atoms with Crippen LogP contribution in [0.4, 0.5) is 0 Å². The van der Waals surface area contributed by atoms with Crippen LogP contribution < -0.4 is 4.74 Å². The summed E-state index contributed by atoms with van der Waals surface area (Å²) >= 11 is 0. The minimum atomic E-state index is -1.12. The van der Waals surface area contributed by atoms with Crippen LogP contribution >= 0.6 is 0 Å². The van der Waals surface area contributed by atoms with Gasteiger partial charge in [-0.1, -0.05) is 17.3 Å². The van der Waals surface area contributed by atoms with E-state index in [9.17, 15) is 4.79 Å². The molecule has 1 fully saturated rings. The third kappa shape index (κ3) is 2.65. The highest BCUT2D eigenvalue weighted by molar-refractivity contribution is 5.86. The summed E-state index contributed by atoms with van der Waals surface area (Å²) in [6, 6.07) is 8.66. The van der Waals surface area contributed by atoms with Crippen LogP contribution in [0.5, 0.6) is 5.75 Å². The summed E-state index contributed by atoms with van der Waals surface area (Å²) in [5.74, 6) is -0.0164. The molecule has 1 saturated heterocycles. The summed E-state index contributed by atoms with van der Waals surface area (Å²) in [7, 11) is 0. The predicted molar refractivity (Wildman–Crippen MR) is 68.8 cm³/mol. The first-order chi connectivity index (χ1) is 9.72. The maximum absolute atomic E-state index is 10.8. The van der Waals surface area contributed by atoms with Gasteiger partial charge in [-0.05, 0) is 12.1 Å². The van der Waals surface area contributed by atoms with Gasteiger partial charge < -0.3 is 19.1 Å². The molecule has 3 rings (SSSR count). The maximum atomic E-state index is 10.8. The van der Waals surface area contributed by atoms with Crippen molar-refractivity contribution in [1.82, 2.24) is 5.16 Å². The van der Waals surface area contributed by atoms with Crippen LogP contribution in [0, 0.1) is 0 Å². The Morgan fingerprint density at radius 2 is 2.30 bits per heavy atom. The average molecular weight is 275 g/mol. The van der Waals surface area contributed by atoms with Gasteiger partial charge in [-0.2, -0.15) is 0 Å². The van der Waals surface area contributed by atoms with Crippen LogP contribution in [0.2, 0.25) is 0 Å². The lowest BCUT2D eigenvalue weighted by atomic mass is 10.1. The van der Waals surface area contributed by atoms with E-state index in [0.717, 1.165) is 12.0 Å². The first-order valence-corrected chi connectivity index (χ1v) is 6.27. The van der Waals surface area contributed by atoms with E-state index in [4.69, 9.17) is 19.1 Å². The lowest BCUT2D eigenvalue weighted by Crippen LogP contribution is -2.15. The Balaban J connectivity index is 1.80. The minimum absolute atomic E-state index is 0.0644. The molecule has 1 atom stereocenters. The Labute approximate surface area is 114 Å². The number of carbonyl (C=O) groups is 1. The average Bonchev–Trinajstić information content (AvgIpc) is 3.09. The zero-order valence-corrected chi connectivity index (χ0v) is 10.6. The highest BCUT2D eigenvalue weighted by atomic mass is 16.5. The molecule has 0 saturated carbocycles. The number of hydrogen-bond donors (Lipinski definition) is 1. The lowest BCUT2D eigenvalue weighted by Gasteiger charge is -2.12. The van der Waals surface area contributed by atoms with Gasteiger partial charge in [0.15, 0.2) is 11.5 Å². The number of carboxylic acid groups (broad SMARTS) is 1. The van der Waals surface area contributed by atoms with E-state index < -0.39 is 5.97 Å². The van der Waals surface area contributed by atoms with Crippen LogP contribution in [0.25, 0.3) is 11.3 Å². The predicted octanol–water partition coefficient (Wildman–Crippen LogP) is 2.21. The Morgan fingerprint density at radius 1 is 1.40 bits per heavy atom. The van der Waals surface area contributed by atoms with Gasteiger partial charge in [0.25, 0.3) is 0 Å². The molecule has 1 N–H and O–H groups in total. The summed E-state index contributed by atoms with van der Waals surface area (Å²) in [5.41, 5.74) is 0.608. The third-order valence-electron chi connectivity index (χ3n) is 3.04. The van der Waals surface area contributed by atoms with E-state index in [2.05, 4.69) is 5.16 Å². The van der Waals surface area contributed by atoms with Crippen molar-refractivity contribution in [2.75, 3.05) is 13.2 Å². The third-order valence-corrected chi connectivity index (χ3v) is 3.04. The van der Waals surface area contributed by atoms with Gasteiger partial charge in [-0.25, -0.2) is 4.79 Å². The van der Waals surface area contributed by atoms with Crippen LogP contribution in [-0.2, 0) is 4.74 Å².